The fourth-order valence-electron chi connectivity index (χ4n) is 4.24. The average molecular weight is 335 g/mol. The Hall–Kier alpha value is -2.46. The van der Waals surface area contributed by atoms with E-state index < -0.39 is 11.5 Å². The van der Waals surface area contributed by atoms with Gasteiger partial charge in [-0.2, -0.15) is 0 Å². The number of para-hydroxylation sites is 1. The Labute approximate surface area is 147 Å². The van der Waals surface area contributed by atoms with Crippen LogP contribution in [0.15, 0.2) is 48.5 Å². The minimum absolute atomic E-state index is 0.133. The van der Waals surface area contributed by atoms with E-state index in [9.17, 15) is 14.7 Å². The summed E-state index contributed by atoms with van der Waals surface area (Å²) in [7, 11) is 0. The van der Waals surface area contributed by atoms with Crippen LogP contribution in [0.4, 0.5) is 5.69 Å². The van der Waals surface area contributed by atoms with Gasteiger partial charge in [0.15, 0.2) is 11.4 Å². The van der Waals surface area contributed by atoms with Gasteiger partial charge in [0.2, 0.25) is 0 Å². The van der Waals surface area contributed by atoms with Crippen molar-refractivity contribution < 1.29 is 14.7 Å². The molecule has 4 rings (SSSR count). The van der Waals surface area contributed by atoms with Gasteiger partial charge < -0.3 is 10.0 Å². The number of ketones is 1. The zero-order valence-corrected chi connectivity index (χ0v) is 14.2. The molecule has 1 heterocycles. The van der Waals surface area contributed by atoms with Crippen molar-refractivity contribution >= 4 is 17.4 Å². The molecule has 2 atom stereocenters. The smallest absolute Gasteiger partial charge is 0.264 e. The number of fused-ring (bicyclic) bond motifs is 2. The van der Waals surface area contributed by atoms with Gasteiger partial charge in [0.25, 0.3) is 5.91 Å². The van der Waals surface area contributed by atoms with Crippen LogP contribution in [0.2, 0.25) is 0 Å². The Morgan fingerprint density at radius 2 is 1.84 bits per heavy atom. The minimum Gasteiger partial charge on any atom is -0.375 e. The predicted molar refractivity (Wildman–Crippen MR) is 95.6 cm³/mol. The molecule has 0 bridgehead atoms. The van der Waals surface area contributed by atoms with Crippen LogP contribution in [-0.2, 0) is 16.8 Å². The van der Waals surface area contributed by atoms with Gasteiger partial charge in [0.1, 0.15) is 0 Å². The highest BCUT2D eigenvalue weighted by atomic mass is 16.3. The summed E-state index contributed by atoms with van der Waals surface area (Å²) in [5.74, 6) is -1.24. The number of hydrogen-bond acceptors (Lipinski definition) is 3. The van der Waals surface area contributed by atoms with Crippen LogP contribution in [0.5, 0.6) is 0 Å². The van der Waals surface area contributed by atoms with Crippen molar-refractivity contribution in [1.82, 2.24) is 0 Å². The van der Waals surface area contributed by atoms with E-state index in [1.807, 2.05) is 43.3 Å². The summed E-state index contributed by atoms with van der Waals surface area (Å²) < 4.78 is 0. The van der Waals surface area contributed by atoms with Crippen molar-refractivity contribution in [3.8, 4) is 0 Å². The number of amides is 1. The van der Waals surface area contributed by atoms with Crippen molar-refractivity contribution in [2.24, 2.45) is 5.92 Å². The lowest BCUT2D eigenvalue weighted by molar-refractivity contribution is -0.140. The Morgan fingerprint density at radius 3 is 2.64 bits per heavy atom. The lowest BCUT2D eigenvalue weighted by Gasteiger charge is -2.34. The van der Waals surface area contributed by atoms with E-state index in [-0.39, 0.29) is 11.7 Å². The number of carbonyl (C=O) groups excluding carboxylic acids is 2. The van der Waals surface area contributed by atoms with E-state index in [0.717, 1.165) is 17.7 Å². The lowest BCUT2D eigenvalue weighted by atomic mass is 9.71. The van der Waals surface area contributed by atoms with Crippen LogP contribution in [0.1, 0.15) is 41.3 Å². The van der Waals surface area contributed by atoms with Gasteiger partial charge in [-0.1, -0.05) is 49.4 Å². The van der Waals surface area contributed by atoms with Crippen molar-refractivity contribution in [1.29, 1.82) is 0 Å². The Bertz CT molecular complexity index is 860. The summed E-state index contributed by atoms with van der Waals surface area (Å²) in [6.07, 6.45) is 1.96. The third-order valence-corrected chi connectivity index (χ3v) is 5.43. The van der Waals surface area contributed by atoms with E-state index in [0.29, 0.717) is 30.5 Å². The monoisotopic (exact) mass is 335 g/mol. The predicted octanol–water partition coefficient (Wildman–Crippen LogP) is 3.08. The molecule has 0 radical (unpaired) electrons. The molecular weight excluding hydrogens is 314 g/mol. The largest absolute Gasteiger partial charge is 0.375 e. The number of aryl methyl sites for hydroxylation is 1. The maximum atomic E-state index is 13.2. The van der Waals surface area contributed by atoms with Crippen LogP contribution >= 0.6 is 0 Å². The third kappa shape index (κ3) is 2.17. The molecule has 0 fully saturated rings. The van der Waals surface area contributed by atoms with Gasteiger partial charge >= 0.3 is 0 Å². The van der Waals surface area contributed by atoms with Crippen LogP contribution in [0.3, 0.4) is 0 Å². The second-order valence-corrected chi connectivity index (χ2v) is 6.85. The Balaban J connectivity index is 1.82. The fraction of sp³-hybridized carbons (Fsp3) is 0.333. The lowest BCUT2D eigenvalue weighted by Crippen LogP contribution is -2.49. The van der Waals surface area contributed by atoms with Gasteiger partial charge in [-0.25, -0.2) is 0 Å². The number of nitrogens with zero attached hydrogens (tertiary/aromatic N) is 1. The van der Waals surface area contributed by atoms with Gasteiger partial charge in [-0.15, -0.1) is 0 Å². The molecule has 4 nitrogen and oxygen atoms in total. The summed E-state index contributed by atoms with van der Waals surface area (Å²) in [4.78, 5) is 27.9. The highest BCUT2D eigenvalue weighted by Gasteiger charge is 2.57. The SMILES string of the molecule is CCCN1C(=O)[C@](O)([C@@H]2CCc3ccccc3C2=O)c2ccccc21. The number of hydrogen-bond donors (Lipinski definition) is 1. The number of anilines is 1. The van der Waals surface area contributed by atoms with Crippen LogP contribution in [0.25, 0.3) is 0 Å². The van der Waals surface area contributed by atoms with Gasteiger partial charge in [-0.3, -0.25) is 9.59 Å². The Kier molecular flexibility index (Phi) is 3.73. The van der Waals surface area contributed by atoms with Crippen LogP contribution in [-0.4, -0.2) is 23.3 Å². The standard InChI is InChI=1S/C21H21NO3/c1-2-13-22-18-10-6-5-9-16(18)21(25,20(22)24)17-12-11-14-7-3-4-8-15(14)19(17)23/h3-10,17,25H,2,11-13H2,1H3/t17-,21-/m1/s1. The molecule has 1 N–H and O–H groups in total. The minimum atomic E-state index is -1.77. The third-order valence-electron chi connectivity index (χ3n) is 5.43. The highest BCUT2D eigenvalue weighted by molar-refractivity contribution is 6.12. The molecule has 0 unspecified atom stereocenters. The van der Waals surface area contributed by atoms with Crippen molar-refractivity contribution in [2.75, 3.05) is 11.4 Å². The fourth-order valence-corrected chi connectivity index (χ4v) is 4.24. The van der Waals surface area contributed by atoms with Crippen molar-refractivity contribution in [2.45, 2.75) is 31.8 Å². The molecule has 128 valence electrons. The average Bonchev–Trinajstić information content (AvgIpc) is 2.85. The zero-order valence-electron chi connectivity index (χ0n) is 14.2. The summed E-state index contributed by atoms with van der Waals surface area (Å²) in [5, 5.41) is 11.5. The molecule has 2 aliphatic rings. The Morgan fingerprint density at radius 1 is 1.12 bits per heavy atom. The molecule has 1 aliphatic heterocycles. The van der Waals surface area contributed by atoms with E-state index in [1.165, 1.54) is 0 Å². The molecule has 0 aromatic heterocycles. The first kappa shape index (κ1) is 16.0. The summed E-state index contributed by atoms with van der Waals surface area (Å²) in [6.45, 7) is 2.53. The summed E-state index contributed by atoms with van der Waals surface area (Å²) >= 11 is 0. The number of rotatable bonds is 3. The molecule has 2 aromatic rings. The number of benzene rings is 2. The second-order valence-electron chi connectivity index (χ2n) is 6.85. The first-order chi connectivity index (χ1) is 12.1. The normalized spacial score (nSPS) is 25.0. The molecule has 0 saturated heterocycles. The van der Waals surface area contributed by atoms with Crippen molar-refractivity contribution in [3.05, 3.63) is 65.2 Å². The number of Topliss-reactive ketones (excluding diaryl/α,β-unsaturated/α-hetero) is 1. The molecule has 2 aromatic carbocycles. The van der Waals surface area contributed by atoms with Crippen LogP contribution in [0, 0.1) is 5.92 Å². The maximum Gasteiger partial charge on any atom is 0.264 e. The quantitative estimate of drug-likeness (QED) is 0.938. The highest BCUT2D eigenvalue weighted by Crippen LogP contribution is 2.48. The maximum absolute atomic E-state index is 13.2. The first-order valence-corrected chi connectivity index (χ1v) is 8.85. The molecule has 0 spiro atoms. The second kappa shape index (κ2) is 5.81. The molecule has 25 heavy (non-hydrogen) atoms. The molecule has 0 saturated carbocycles. The summed E-state index contributed by atoms with van der Waals surface area (Å²) in [5.41, 5.74) is 1.15. The summed E-state index contributed by atoms with van der Waals surface area (Å²) in [6, 6.07) is 14.8. The van der Waals surface area contributed by atoms with E-state index in [1.54, 1.807) is 17.0 Å². The molecule has 1 aliphatic carbocycles. The molecular formula is C21H21NO3. The number of carbonyl (C=O) groups is 2. The van der Waals surface area contributed by atoms with E-state index in [4.69, 9.17) is 0 Å². The van der Waals surface area contributed by atoms with Gasteiger partial charge in [-0.05, 0) is 30.9 Å². The topological polar surface area (TPSA) is 57.6 Å². The van der Waals surface area contributed by atoms with E-state index in [2.05, 4.69) is 0 Å². The van der Waals surface area contributed by atoms with Crippen LogP contribution < -0.4 is 4.90 Å². The van der Waals surface area contributed by atoms with Gasteiger partial charge in [0.05, 0.1) is 11.6 Å². The van der Waals surface area contributed by atoms with E-state index >= 15 is 0 Å². The molecule has 1 amide bonds. The van der Waals surface area contributed by atoms with Crippen molar-refractivity contribution in [3.63, 3.8) is 0 Å². The number of aliphatic hydroxyl groups is 1. The first-order valence-electron chi connectivity index (χ1n) is 8.85. The van der Waals surface area contributed by atoms with Gasteiger partial charge in [0, 0.05) is 17.7 Å². The molecule has 4 heteroatoms. The zero-order chi connectivity index (χ0) is 17.6.